The van der Waals surface area contributed by atoms with E-state index >= 15 is 0 Å². The molecule has 0 saturated carbocycles. The Morgan fingerprint density at radius 1 is 1.04 bits per heavy atom. The Balaban J connectivity index is 1.77. The molecule has 2 aromatic carbocycles. The zero-order chi connectivity index (χ0) is 18.6. The predicted molar refractivity (Wildman–Crippen MR) is 109 cm³/mol. The molecule has 5 nitrogen and oxygen atoms in total. The molecule has 0 unspecified atom stereocenters. The van der Waals surface area contributed by atoms with Crippen molar-refractivity contribution in [2.24, 2.45) is 5.73 Å². The second-order valence-electron chi connectivity index (χ2n) is 7.03. The van der Waals surface area contributed by atoms with Gasteiger partial charge in [0.25, 0.3) is 0 Å². The third-order valence-electron chi connectivity index (χ3n) is 5.24. The summed E-state index contributed by atoms with van der Waals surface area (Å²) in [6.07, 6.45) is 4.00. The minimum Gasteiger partial charge on any atom is -0.370 e. The minimum atomic E-state index is -0.0390. The molecule has 1 aliphatic heterocycles. The lowest BCUT2D eigenvalue weighted by Crippen LogP contribution is -2.24. The number of anilines is 1. The molecule has 138 valence electrons. The highest BCUT2D eigenvalue weighted by Gasteiger charge is 2.24. The molecule has 0 saturated heterocycles. The van der Waals surface area contributed by atoms with Crippen molar-refractivity contribution in [2.75, 3.05) is 11.9 Å². The van der Waals surface area contributed by atoms with E-state index in [2.05, 4.69) is 53.8 Å². The highest BCUT2D eigenvalue weighted by Crippen LogP contribution is 2.32. The summed E-state index contributed by atoms with van der Waals surface area (Å²) in [5.41, 5.74) is 10.6. The maximum atomic E-state index is 7.91. The van der Waals surface area contributed by atoms with Gasteiger partial charge in [0.1, 0.15) is 5.82 Å². The molecule has 1 aliphatic rings. The molecule has 0 atom stereocenters. The van der Waals surface area contributed by atoms with Gasteiger partial charge in [0.05, 0.1) is 5.69 Å². The first-order valence-corrected chi connectivity index (χ1v) is 9.53. The standard InChI is InChI=1S/C22H25N5/c23-22(24)27-21-18(13-7-8-14-25-21)20(26-27)15-19(16-9-3-1-4-10-16)17-11-5-2-6-12-17/h1-6,9-12,19,25H,7-8,13-15H2,(H3,23,24). The molecule has 4 rings (SSSR count). The van der Waals surface area contributed by atoms with Crippen LogP contribution in [0.3, 0.4) is 0 Å². The van der Waals surface area contributed by atoms with Gasteiger partial charge in [-0.1, -0.05) is 60.7 Å². The summed E-state index contributed by atoms with van der Waals surface area (Å²) in [4.78, 5) is 0. The molecule has 0 aliphatic carbocycles. The first-order valence-electron chi connectivity index (χ1n) is 9.53. The molecule has 5 heteroatoms. The number of hydrogen-bond donors (Lipinski definition) is 3. The number of nitrogens with one attached hydrogen (secondary N) is 2. The van der Waals surface area contributed by atoms with Gasteiger partial charge in [0.2, 0.25) is 5.96 Å². The fourth-order valence-electron chi connectivity index (χ4n) is 3.90. The SMILES string of the molecule is N=C(N)n1nc(CC(c2ccccc2)c2ccccc2)c2c1NCCCC2. The smallest absolute Gasteiger partial charge is 0.215 e. The largest absolute Gasteiger partial charge is 0.370 e. The van der Waals surface area contributed by atoms with E-state index in [1.54, 1.807) is 4.68 Å². The van der Waals surface area contributed by atoms with Crippen LogP contribution in [0.25, 0.3) is 0 Å². The molecule has 0 amide bonds. The number of nitrogen functional groups attached to an aromatic ring is 1. The lowest BCUT2D eigenvalue weighted by Gasteiger charge is -2.18. The highest BCUT2D eigenvalue weighted by atomic mass is 15.4. The lowest BCUT2D eigenvalue weighted by atomic mass is 9.86. The van der Waals surface area contributed by atoms with E-state index in [0.29, 0.717) is 0 Å². The monoisotopic (exact) mass is 359 g/mol. The number of rotatable bonds is 4. The molecule has 2 heterocycles. The van der Waals surface area contributed by atoms with Crippen LogP contribution in [-0.4, -0.2) is 22.3 Å². The van der Waals surface area contributed by atoms with E-state index < -0.39 is 0 Å². The average Bonchev–Trinajstić information content (AvgIpc) is 2.87. The Kier molecular flexibility index (Phi) is 4.92. The molecule has 0 spiro atoms. The third kappa shape index (κ3) is 3.58. The Bertz CT molecular complexity index is 875. The molecular weight excluding hydrogens is 334 g/mol. The van der Waals surface area contributed by atoms with Gasteiger partial charge >= 0.3 is 0 Å². The maximum Gasteiger partial charge on any atom is 0.215 e. The Morgan fingerprint density at radius 2 is 1.67 bits per heavy atom. The summed E-state index contributed by atoms with van der Waals surface area (Å²) in [6.45, 7) is 0.895. The quantitative estimate of drug-likeness (QED) is 0.490. The molecule has 1 aromatic heterocycles. The first kappa shape index (κ1) is 17.3. The van der Waals surface area contributed by atoms with E-state index in [1.807, 2.05) is 12.1 Å². The van der Waals surface area contributed by atoms with E-state index in [4.69, 9.17) is 16.2 Å². The van der Waals surface area contributed by atoms with E-state index in [0.717, 1.165) is 43.7 Å². The van der Waals surface area contributed by atoms with Crippen LogP contribution in [-0.2, 0) is 12.8 Å². The molecule has 3 aromatic rings. The number of benzene rings is 2. The van der Waals surface area contributed by atoms with Crippen LogP contribution in [0.2, 0.25) is 0 Å². The van der Waals surface area contributed by atoms with E-state index in [-0.39, 0.29) is 11.9 Å². The summed E-state index contributed by atoms with van der Waals surface area (Å²) < 4.78 is 1.56. The van der Waals surface area contributed by atoms with Crippen molar-refractivity contribution in [1.82, 2.24) is 9.78 Å². The average molecular weight is 359 g/mol. The van der Waals surface area contributed by atoms with Crippen molar-refractivity contribution in [3.63, 3.8) is 0 Å². The normalized spacial score (nSPS) is 13.7. The number of nitrogens with two attached hydrogens (primary N) is 1. The van der Waals surface area contributed by atoms with Crippen LogP contribution in [0.5, 0.6) is 0 Å². The van der Waals surface area contributed by atoms with Gasteiger partial charge in [0.15, 0.2) is 0 Å². The van der Waals surface area contributed by atoms with Crippen LogP contribution in [0, 0.1) is 5.41 Å². The van der Waals surface area contributed by atoms with Gasteiger partial charge in [-0.3, -0.25) is 5.41 Å². The van der Waals surface area contributed by atoms with Crippen molar-refractivity contribution in [3.8, 4) is 0 Å². The van der Waals surface area contributed by atoms with Gasteiger partial charge in [-0.2, -0.15) is 9.78 Å². The molecule has 0 radical (unpaired) electrons. The van der Waals surface area contributed by atoms with Crippen LogP contribution in [0.4, 0.5) is 5.82 Å². The van der Waals surface area contributed by atoms with Gasteiger partial charge in [-0.25, -0.2) is 0 Å². The topological polar surface area (TPSA) is 79.7 Å². The van der Waals surface area contributed by atoms with Crippen molar-refractivity contribution in [1.29, 1.82) is 5.41 Å². The Hall–Kier alpha value is -3.08. The maximum absolute atomic E-state index is 7.91. The molecule has 27 heavy (non-hydrogen) atoms. The Labute approximate surface area is 159 Å². The second kappa shape index (κ2) is 7.66. The fourth-order valence-corrected chi connectivity index (χ4v) is 3.90. The van der Waals surface area contributed by atoms with Crippen molar-refractivity contribution in [3.05, 3.63) is 83.0 Å². The summed E-state index contributed by atoms with van der Waals surface area (Å²) in [5.74, 6) is 1.08. The summed E-state index contributed by atoms with van der Waals surface area (Å²) in [6, 6.07) is 21.1. The fraction of sp³-hybridized carbons (Fsp3) is 0.273. The van der Waals surface area contributed by atoms with Gasteiger partial charge in [-0.15, -0.1) is 0 Å². The number of fused-ring (bicyclic) bond motifs is 1. The first-order chi connectivity index (χ1) is 13.2. The Morgan fingerprint density at radius 3 is 2.26 bits per heavy atom. The van der Waals surface area contributed by atoms with Crippen molar-refractivity contribution < 1.29 is 0 Å². The van der Waals surface area contributed by atoms with Crippen LogP contribution in [0.1, 0.15) is 41.1 Å². The molecular formula is C22H25N5. The highest BCUT2D eigenvalue weighted by molar-refractivity contribution is 5.81. The van der Waals surface area contributed by atoms with Crippen LogP contribution < -0.4 is 11.1 Å². The van der Waals surface area contributed by atoms with Crippen LogP contribution >= 0.6 is 0 Å². The van der Waals surface area contributed by atoms with E-state index in [1.165, 1.54) is 16.7 Å². The molecule has 4 N–H and O–H groups in total. The zero-order valence-corrected chi connectivity index (χ0v) is 15.4. The van der Waals surface area contributed by atoms with Crippen LogP contribution in [0.15, 0.2) is 60.7 Å². The predicted octanol–water partition coefficient (Wildman–Crippen LogP) is 3.75. The van der Waals surface area contributed by atoms with Gasteiger partial charge < -0.3 is 11.1 Å². The lowest BCUT2D eigenvalue weighted by molar-refractivity contribution is 0.732. The molecule has 0 fully saturated rings. The second-order valence-corrected chi connectivity index (χ2v) is 7.03. The van der Waals surface area contributed by atoms with Gasteiger partial charge in [0, 0.05) is 24.4 Å². The summed E-state index contributed by atoms with van der Waals surface area (Å²) in [5, 5.41) is 16.1. The van der Waals surface area contributed by atoms with Crippen molar-refractivity contribution in [2.45, 2.75) is 31.6 Å². The van der Waals surface area contributed by atoms with Crippen molar-refractivity contribution >= 4 is 11.8 Å². The van der Waals surface area contributed by atoms with Gasteiger partial charge in [-0.05, 0) is 30.4 Å². The molecule has 0 bridgehead atoms. The number of aromatic nitrogens is 2. The summed E-state index contributed by atoms with van der Waals surface area (Å²) >= 11 is 0. The van der Waals surface area contributed by atoms with E-state index in [9.17, 15) is 0 Å². The summed E-state index contributed by atoms with van der Waals surface area (Å²) in [7, 11) is 0. The number of hydrogen-bond acceptors (Lipinski definition) is 3. The zero-order valence-electron chi connectivity index (χ0n) is 15.4. The third-order valence-corrected chi connectivity index (χ3v) is 5.24. The minimum absolute atomic E-state index is 0.0390. The number of nitrogens with zero attached hydrogens (tertiary/aromatic N) is 2.